The van der Waals surface area contributed by atoms with Crippen LogP contribution in [0.1, 0.15) is 18.2 Å². The Morgan fingerprint density at radius 3 is 2.62 bits per heavy atom. The SMILES string of the molecule is CC(/C=N\NC(=O)CSc1nnc(-c2ccc(C)cc2)n1-c1ccc(Cl)cc1)=C\c1ccco1. The highest BCUT2D eigenvalue weighted by atomic mass is 35.5. The molecule has 172 valence electrons. The van der Waals surface area contributed by atoms with Crippen LogP contribution in [0.25, 0.3) is 23.2 Å². The van der Waals surface area contributed by atoms with Gasteiger partial charge < -0.3 is 4.42 Å². The molecule has 0 radical (unpaired) electrons. The number of halogens is 1. The van der Waals surface area contributed by atoms with Crippen molar-refractivity contribution in [2.24, 2.45) is 5.10 Å². The quantitative estimate of drug-likeness (QED) is 0.191. The maximum Gasteiger partial charge on any atom is 0.250 e. The fourth-order valence-corrected chi connectivity index (χ4v) is 3.95. The predicted molar refractivity (Wildman–Crippen MR) is 136 cm³/mol. The third kappa shape index (κ3) is 6.03. The molecule has 0 aliphatic carbocycles. The summed E-state index contributed by atoms with van der Waals surface area (Å²) in [5.74, 6) is 1.27. The third-order valence-electron chi connectivity index (χ3n) is 4.73. The number of aromatic nitrogens is 3. The average Bonchev–Trinajstić information content (AvgIpc) is 3.49. The van der Waals surface area contributed by atoms with Gasteiger partial charge >= 0.3 is 0 Å². The van der Waals surface area contributed by atoms with E-state index in [2.05, 4.69) is 20.7 Å². The van der Waals surface area contributed by atoms with Gasteiger partial charge in [0.25, 0.3) is 5.91 Å². The standard InChI is InChI=1S/C25H22ClN5O2S/c1-17-5-7-19(8-6-17)24-29-30-25(31(24)21-11-9-20(26)10-12-21)34-16-23(32)28-27-15-18(2)14-22-4-3-13-33-22/h3-15H,16H2,1-2H3,(H,28,32)/b18-14+,27-15-. The van der Waals surface area contributed by atoms with Crippen LogP contribution in [-0.2, 0) is 4.79 Å². The van der Waals surface area contributed by atoms with Crippen LogP contribution < -0.4 is 5.43 Å². The molecular formula is C25H22ClN5O2S. The second-order valence-electron chi connectivity index (χ2n) is 7.47. The highest BCUT2D eigenvalue weighted by molar-refractivity contribution is 7.99. The molecule has 0 spiro atoms. The van der Waals surface area contributed by atoms with Gasteiger partial charge in [0.2, 0.25) is 0 Å². The first-order chi connectivity index (χ1) is 16.5. The van der Waals surface area contributed by atoms with Crippen LogP contribution in [0.15, 0.2) is 87.2 Å². The Kier molecular flexibility index (Phi) is 7.61. The van der Waals surface area contributed by atoms with E-state index >= 15 is 0 Å². The molecule has 9 heteroatoms. The van der Waals surface area contributed by atoms with Crippen molar-refractivity contribution in [3.8, 4) is 17.1 Å². The van der Waals surface area contributed by atoms with E-state index in [4.69, 9.17) is 16.0 Å². The lowest BCUT2D eigenvalue weighted by molar-refractivity contribution is -0.118. The Hall–Kier alpha value is -3.62. The van der Waals surface area contributed by atoms with Gasteiger partial charge in [-0.05, 0) is 61.9 Å². The molecule has 2 aromatic heterocycles. The largest absolute Gasteiger partial charge is 0.465 e. The van der Waals surface area contributed by atoms with E-state index in [-0.39, 0.29) is 11.7 Å². The first-order valence-electron chi connectivity index (χ1n) is 10.4. The lowest BCUT2D eigenvalue weighted by atomic mass is 10.1. The molecule has 2 aromatic carbocycles. The smallest absolute Gasteiger partial charge is 0.250 e. The number of carbonyl (C=O) groups is 1. The zero-order valence-corrected chi connectivity index (χ0v) is 20.2. The Morgan fingerprint density at radius 2 is 1.91 bits per heavy atom. The van der Waals surface area contributed by atoms with Crippen molar-refractivity contribution in [2.75, 3.05) is 5.75 Å². The predicted octanol–water partition coefficient (Wildman–Crippen LogP) is 5.79. The van der Waals surface area contributed by atoms with Crippen LogP contribution >= 0.6 is 23.4 Å². The minimum atomic E-state index is -0.255. The maximum atomic E-state index is 12.4. The molecule has 7 nitrogen and oxygen atoms in total. The minimum Gasteiger partial charge on any atom is -0.465 e. The van der Waals surface area contributed by atoms with Crippen LogP contribution in [0.2, 0.25) is 5.02 Å². The molecule has 0 saturated carbocycles. The zero-order valence-electron chi connectivity index (χ0n) is 18.6. The number of nitrogens with one attached hydrogen (secondary N) is 1. The molecule has 0 atom stereocenters. The molecule has 0 aliphatic heterocycles. The second-order valence-corrected chi connectivity index (χ2v) is 8.85. The molecule has 0 unspecified atom stereocenters. The van der Waals surface area contributed by atoms with Crippen molar-refractivity contribution in [2.45, 2.75) is 19.0 Å². The normalized spacial score (nSPS) is 11.8. The number of hydrogen-bond acceptors (Lipinski definition) is 6. The Bertz CT molecular complexity index is 1310. The van der Waals surface area contributed by atoms with E-state index in [9.17, 15) is 4.79 Å². The number of hydrazone groups is 1. The zero-order chi connectivity index (χ0) is 23.9. The maximum absolute atomic E-state index is 12.4. The first-order valence-corrected chi connectivity index (χ1v) is 11.8. The number of amides is 1. The summed E-state index contributed by atoms with van der Waals surface area (Å²) >= 11 is 7.35. The number of hydrogen-bond donors (Lipinski definition) is 1. The molecule has 2 heterocycles. The van der Waals surface area contributed by atoms with Crippen molar-refractivity contribution in [3.63, 3.8) is 0 Å². The van der Waals surface area contributed by atoms with Gasteiger partial charge in [-0.15, -0.1) is 10.2 Å². The summed E-state index contributed by atoms with van der Waals surface area (Å²) in [5, 5.41) is 14.0. The number of furan rings is 1. The van der Waals surface area contributed by atoms with E-state index in [1.54, 1.807) is 12.5 Å². The van der Waals surface area contributed by atoms with E-state index in [1.165, 1.54) is 11.8 Å². The summed E-state index contributed by atoms with van der Waals surface area (Å²) in [6, 6.07) is 19.1. The summed E-state index contributed by atoms with van der Waals surface area (Å²) in [6.07, 6.45) is 4.99. The molecule has 0 bridgehead atoms. The van der Waals surface area contributed by atoms with Crippen LogP contribution in [0.3, 0.4) is 0 Å². The first kappa shape index (κ1) is 23.5. The molecule has 4 aromatic rings. The minimum absolute atomic E-state index is 0.123. The monoisotopic (exact) mass is 491 g/mol. The fraction of sp³-hybridized carbons (Fsp3) is 0.120. The van der Waals surface area contributed by atoms with Crippen molar-refractivity contribution >= 4 is 41.6 Å². The Labute approximate surface area is 206 Å². The molecule has 34 heavy (non-hydrogen) atoms. The van der Waals surface area contributed by atoms with Crippen molar-refractivity contribution in [3.05, 3.63) is 88.8 Å². The number of allylic oxidation sites excluding steroid dienone is 1. The topological polar surface area (TPSA) is 85.3 Å². The second kappa shape index (κ2) is 11.0. The van der Waals surface area contributed by atoms with E-state index in [1.807, 2.05) is 85.2 Å². The number of rotatable bonds is 8. The number of nitrogens with zero attached hydrogens (tertiary/aromatic N) is 4. The molecule has 0 fully saturated rings. The third-order valence-corrected chi connectivity index (χ3v) is 5.91. The highest BCUT2D eigenvalue weighted by Crippen LogP contribution is 2.28. The van der Waals surface area contributed by atoms with Crippen LogP contribution in [0, 0.1) is 6.92 Å². The molecule has 0 aliphatic rings. The molecule has 0 saturated heterocycles. The van der Waals surface area contributed by atoms with E-state index in [0.717, 1.165) is 28.1 Å². The Balaban J connectivity index is 1.48. The lowest BCUT2D eigenvalue weighted by Crippen LogP contribution is -2.20. The molecular weight excluding hydrogens is 470 g/mol. The van der Waals surface area contributed by atoms with E-state index in [0.29, 0.717) is 16.0 Å². The summed E-state index contributed by atoms with van der Waals surface area (Å²) in [5.41, 5.74) is 6.31. The van der Waals surface area contributed by atoms with Gasteiger partial charge in [0.05, 0.1) is 18.2 Å². The Morgan fingerprint density at radius 1 is 1.15 bits per heavy atom. The average molecular weight is 492 g/mol. The van der Waals surface area contributed by atoms with Gasteiger partial charge in [-0.3, -0.25) is 9.36 Å². The van der Waals surface area contributed by atoms with Crippen molar-refractivity contribution in [1.82, 2.24) is 20.2 Å². The highest BCUT2D eigenvalue weighted by Gasteiger charge is 2.17. The summed E-state index contributed by atoms with van der Waals surface area (Å²) in [6.45, 7) is 3.90. The fourth-order valence-electron chi connectivity index (χ4n) is 3.08. The summed E-state index contributed by atoms with van der Waals surface area (Å²) < 4.78 is 7.18. The van der Waals surface area contributed by atoms with Gasteiger partial charge in [-0.1, -0.05) is 53.2 Å². The molecule has 4 rings (SSSR count). The van der Waals surface area contributed by atoms with Gasteiger partial charge in [-0.2, -0.15) is 5.10 Å². The van der Waals surface area contributed by atoms with E-state index < -0.39 is 0 Å². The number of thioether (sulfide) groups is 1. The number of aryl methyl sites for hydroxylation is 1. The number of carbonyl (C=O) groups excluding carboxylic acids is 1. The van der Waals surface area contributed by atoms with Gasteiger partial charge in [0, 0.05) is 16.3 Å². The van der Waals surface area contributed by atoms with Crippen molar-refractivity contribution in [1.29, 1.82) is 0 Å². The summed E-state index contributed by atoms with van der Waals surface area (Å²) in [4.78, 5) is 12.4. The molecule has 1 amide bonds. The lowest BCUT2D eigenvalue weighted by Gasteiger charge is -2.10. The van der Waals surface area contributed by atoms with Gasteiger partial charge in [-0.25, -0.2) is 5.43 Å². The number of benzene rings is 2. The van der Waals surface area contributed by atoms with Crippen molar-refractivity contribution < 1.29 is 9.21 Å². The molecule has 1 N–H and O–H groups in total. The van der Waals surface area contributed by atoms with Gasteiger partial charge in [0.15, 0.2) is 11.0 Å². The van der Waals surface area contributed by atoms with Crippen LogP contribution in [0.5, 0.6) is 0 Å². The van der Waals surface area contributed by atoms with Crippen LogP contribution in [0.4, 0.5) is 0 Å². The summed E-state index contributed by atoms with van der Waals surface area (Å²) in [7, 11) is 0. The van der Waals surface area contributed by atoms with Gasteiger partial charge in [0.1, 0.15) is 5.76 Å². The van der Waals surface area contributed by atoms with Crippen LogP contribution in [-0.4, -0.2) is 32.6 Å².